The summed E-state index contributed by atoms with van der Waals surface area (Å²) in [6, 6.07) is -0.781. The Hall–Kier alpha value is -2.50. The Bertz CT molecular complexity index is 554. The minimum Gasteiger partial charge on any atom is -0.468 e. The van der Waals surface area contributed by atoms with E-state index in [0.29, 0.717) is 37.4 Å². The molecule has 11 nitrogen and oxygen atoms in total. The number of nitrogens with two attached hydrogens (primary N) is 2. The number of unbranched alkanes of at least 4 members (excludes halogenated alkanes) is 1. The van der Waals surface area contributed by atoms with Crippen molar-refractivity contribution in [2.75, 3.05) is 31.8 Å². The average molecular weight is 419 g/mol. The number of aliphatic imine (C=N–C) groups is 1. The lowest BCUT2D eigenvalue weighted by Crippen LogP contribution is -2.48. The largest absolute Gasteiger partial charge is 0.468 e. The van der Waals surface area contributed by atoms with Crippen molar-refractivity contribution in [3.63, 3.8) is 0 Å². The molecule has 28 heavy (non-hydrogen) atoms. The molecule has 7 N–H and O–H groups in total. The van der Waals surface area contributed by atoms with Gasteiger partial charge in [-0.25, -0.2) is 0 Å². The second kappa shape index (κ2) is 15.5. The molecule has 0 aliphatic rings. The van der Waals surface area contributed by atoms with Gasteiger partial charge >= 0.3 is 5.97 Å². The van der Waals surface area contributed by atoms with Crippen LogP contribution in [0, 0.1) is 0 Å². The Kier molecular flexibility index (Phi) is 14.2. The molecule has 3 amide bonds. The van der Waals surface area contributed by atoms with E-state index in [1.54, 1.807) is 0 Å². The van der Waals surface area contributed by atoms with Gasteiger partial charge in [0.05, 0.1) is 13.0 Å². The molecular weight excluding hydrogens is 388 g/mol. The average Bonchev–Trinajstić information content (AvgIpc) is 2.63. The van der Waals surface area contributed by atoms with Crippen molar-refractivity contribution >= 4 is 41.4 Å². The minimum absolute atomic E-state index is 0.00237. The van der Waals surface area contributed by atoms with Gasteiger partial charge in [-0.2, -0.15) is 0 Å². The second-order valence-corrected chi connectivity index (χ2v) is 6.86. The van der Waals surface area contributed by atoms with Crippen molar-refractivity contribution in [1.82, 2.24) is 16.0 Å². The predicted octanol–water partition coefficient (Wildman–Crippen LogP) is -1.58. The SMILES string of the molecule is COC(=O)CNC(=O)[C@@H](CCCCN=C(N)N)NC(=O)CCSCNC(C)=O. The van der Waals surface area contributed by atoms with Gasteiger partial charge < -0.3 is 32.2 Å². The van der Waals surface area contributed by atoms with E-state index >= 15 is 0 Å². The van der Waals surface area contributed by atoms with Crippen molar-refractivity contribution in [3.8, 4) is 0 Å². The fourth-order valence-electron chi connectivity index (χ4n) is 1.95. The number of carbonyl (C=O) groups excluding carboxylic acids is 4. The summed E-state index contributed by atoms with van der Waals surface area (Å²) in [6.45, 7) is 1.56. The fraction of sp³-hybridized carbons (Fsp3) is 0.688. The third kappa shape index (κ3) is 14.6. The summed E-state index contributed by atoms with van der Waals surface area (Å²) in [5.74, 6) is -0.578. The van der Waals surface area contributed by atoms with Gasteiger partial charge in [-0.1, -0.05) is 0 Å². The number of hydrogen-bond acceptors (Lipinski definition) is 7. The first-order chi connectivity index (χ1) is 13.3. The smallest absolute Gasteiger partial charge is 0.325 e. The summed E-state index contributed by atoms with van der Waals surface area (Å²) < 4.78 is 4.48. The minimum atomic E-state index is -0.781. The van der Waals surface area contributed by atoms with Crippen LogP contribution >= 0.6 is 11.8 Å². The van der Waals surface area contributed by atoms with E-state index in [2.05, 4.69) is 25.7 Å². The predicted molar refractivity (Wildman–Crippen MR) is 107 cm³/mol. The molecule has 0 saturated heterocycles. The van der Waals surface area contributed by atoms with Crippen molar-refractivity contribution in [1.29, 1.82) is 0 Å². The van der Waals surface area contributed by atoms with Gasteiger partial charge in [0.2, 0.25) is 17.7 Å². The molecule has 160 valence electrons. The molecule has 0 rings (SSSR count). The first kappa shape index (κ1) is 25.5. The fourth-order valence-corrected chi connectivity index (χ4v) is 2.73. The summed E-state index contributed by atoms with van der Waals surface area (Å²) in [5.41, 5.74) is 10.5. The van der Waals surface area contributed by atoms with Crippen LogP contribution in [0.25, 0.3) is 0 Å². The Morgan fingerprint density at radius 1 is 1.14 bits per heavy atom. The number of amides is 3. The molecule has 0 aromatic rings. The number of esters is 1. The van der Waals surface area contributed by atoms with Gasteiger partial charge in [0.15, 0.2) is 5.96 Å². The number of nitrogens with zero attached hydrogens (tertiary/aromatic N) is 1. The standard InChI is InChI=1S/C16H30N6O5S/c1-11(23)21-10-28-8-6-13(24)22-12(5-3-4-7-19-16(17)18)15(26)20-9-14(25)27-2/h12H,3-10H2,1-2H3,(H,20,26)(H,21,23)(H,22,24)(H4,17,18,19)/t12-/m1/s1. The quantitative estimate of drug-likeness (QED) is 0.0737. The van der Waals surface area contributed by atoms with E-state index in [-0.39, 0.29) is 30.7 Å². The molecule has 0 heterocycles. The van der Waals surface area contributed by atoms with E-state index in [1.165, 1.54) is 25.8 Å². The molecule has 0 aromatic heterocycles. The summed E-state index contributed by atoms with van der Waals surface area (Å²) in [4.78, 5) is 50.2. The Labute approximate surface area is 168 Å². The van der Waals surface area contributed by atoms with Crippen LogP contribution in [-0.4, -0.2) is 67.5 Å². The maximum atomic E-state index is 12.3. The topological polar surface area (TPSA) is 178 Å². The highest BCUT2D eigenvalue weighted by Gasteiger charge is 2.20. The van der Waals surface area contributed by atoms with Gasteiger partial charge in [-0.3, -0.25) is 24.2 Å². The van der Waals surface area contributed by atoms with E-state index in [4.69, 9.17) is 11.5 Å². The van der Waals surface area contributed by atoms with Crippen LogP contribution in [0.2, 0.25) is 0 Å². The molecule has 0 aliphatic carbocycles. The summed E-state index contributed by atoms with van der Waals surface area (Å²) in [5, 5.41) is 7.72. The monoisotopic (exact) mass is 418 g/mol. The number of methoxy groups -OCH3 is 1. The zero-order valence-electron chi connectivity index (χ0n) is 16.3. The summed E-state index contributed by atoms with van der Waals surface area (Å²) in [7, 11) is 1.22. The van der Waals surface area contributed by atoms with Crippen LogP contribution < -0.4 is 27.4 Å². The van der Waals surface area contributed by atoms with Crippen molar-refractivity contribution in [2.45, 2.75) is 38.6 Å². The molecule has 0 aromatic carbocycles. The Morgan fingerprint density at radius 3 is 2.46 bits per heavy atom. The van der Waals surface area contributed by atoms with Gasteiger partial charge in [0.1, 0.15) is 12.6 Å². The number of carbonyl (C=O) groups is 4. The van der Waals surface area contributed by atoms with Gasteiger partial charge in [0.25, 0.3) is 0 Å². The molecule has 0 aliphatic heterocycles. The molecule has 0 spiro atoms. The highest BCUT2D eigenvalue weighted by atomic mass is 32.2. The molecule has 0 saturated carbocycles. The van der Waals surface area contributed by atoms with Crippen LogP contribution in [0.15, 0.2) is 4.99 Å². The number of thioether (sulfide) groups is 1. The third-order valence-corrected chi connectivity index (χ3v) is 4.22. The summed E-state index contributed by atoms with van der Waals surface area (Å²) in [6.07, 6.45) is 1.81. The maximum absolute atomic E-state index is 12.3. The van der Waals surface area contributed by atoms with E-state index in [1.807, 2.05) is 0 Å². The van der Waals surface area contributed by atoms with Crippen molar-refractivity contribution < 1.29 is 23.9 Å². The Morgan fingerprint density at radius 2 is 1.86 bits per heavy atom. The lowest BCUT2D eigenvalue weighted by atomic mass is 10.1. The number of ether oxygens (including phenoxy) is 1. The van der Waals surface area contributed by atoms with Crippen LogP contribution in [-0.2, 0) is 23.9 Å². The maximum Gasteiger partial charge on any atom is 0.325 e. The van der Waals surface area contributed by atoms with Gasteiger partial charge in [0, 0.05) is 25.6 Å². The Balaban J connectivity index is 4.45. The molecule has 1 atom stereocenters. The molecule has 0 bridgehead atoms. The van der Waals surface area contributed by atoms with Crippen LogP contribution in [0.3, 0.4) is 0 Å². The second-order valence-electron chi connectivity index (χ2n) is 5.75. The first-order valence-corrected chi connectivity index (χ1v) is 9.93. The van der Waals surface area contributed by atoms with Crippen molar-refractivity contribution in [2.24, 2.45) is 16.5 Å². The van der Waals surface area contributed by atoms with Crippen molar-refractivity contribution in [3.05, 3.63) is 0 Å². The van der Waals surface area contributed by atoms with Gasteiger partial charge in [-0.15, -0.1) is 11.8 Å². The highest BCUT2D eigenvalue weighted by molar-refractivity contribution is 7.99. The number of rotatable bonds is 14. The molecule has 12 heteroatoms. The van der Waals surface area contributed by atoms with E-state index in [0.717, 1.165) is 0 Å². The van der Waals surface area contributed by atoms with Gasteiger partial charge in [-0.05, 0) is 19.3 Å². The molecule has 0 unspecified atom stereocenters. The first-order valence-electron chi connectivity index (χ1n) is 8.77. The molecular formula is C16H30N6O5S. The number of guanidine groups is 1. The lowest BCUT2D eigenvalue weighted by Gasteiger charge is -2.18. The van der Waals surface area contributed by atoms with Crippen LogP contribution in [0.1, 0.15) is 32.6 Å². The van der Waals surface area contributed by atoms with Crippen LogP contribution in [0.5, 0.6) is 0 Å². The van der Waals surface area contributed by atoms with E-state index in [9.17, 15) is 19.2 Å². The summed E-state index contributed by atoms with van der Waals surface area (Å²) >= 11 is 1.40. The zero-order valence-corrected chi connectivity index (χ0v) is 17.1. The molecule has 0 radical (unpaired) electrons. The number of nitrogens with one attached hydrogen (secondary N) is 3. The zero-order chi connectivity index (χ0) is 21.4. The van der Waals surface area contributed by atoms with E-state index < -0.39 is 17.9 Å². The third-order valence-electron chi connectivity index (χ3n) is 3.38. The lowest BCUT2D eigenvalue weighted by molar-refractivity contribution is -0.141. The normalized spacial score (nSPS) is 11.1. The highest BCUT2D eigenvalue weighted by Crippen LogP contribution is 2.05. The number of hydrogen-bond donors (Lipinski definition) is 5. The molecule has 0 fully saturated rings. The van der Waals surface area contributed by atoms with Crippen LogP contribution in [0.4, 0.5) is 0 Å².